The average molecular weight is 283 g/mol. The van der Waals surface area contributed by atoms with Crippen molar-refractivity contribution in [3.8, 4) is 5.75 Å². The van der Waals surface area contributed by atoms with Crippen molar-refractivity contribution in [3.63, 3.8) is 0 Å². The summed E-state index contributed by atoms with van der Waals surface area (Å²) >= 11 is 0. The van der Waals surface area contributed by atoms with E-state index in [9.17, 15) is 0 Å². The molecule has 0 aliphatic carbocycles. The summed E-state index contributed by atoms with van der Waals surface area (Å²) in [5.41, 5.74) is 6.21. The van der Waals surface area contributed by atoms with Crippen molar-refractivity contribution in [1.29, 1.82) is 0 Å². The molecular formula is C19H25NO. The van der Waals surface area contributed by atoms with E-state index in [0.29, 0.717) is 6.61 Å². The minimum atomic E-state index is 0.618. The van der Waals surface area contributed by atoms with E-state index in [-0.39, 0.29) is 0 Å². The third-order valence-electron chi connectivity index (χ3n) is 3.52. The summed E-state index contributed by atoms with van der Waals surface area (Å²) in [5, 5.41) is 3.37. The normalized spacial score (nSPS) is 10.7. The zero-order valence-corrected chi connectivity index (χ0v) is 13.5. The highest BCUT2D eigenvalue weighted by Gasteiger charge is 2.07. The Morgan fingerprint density at radius 2 is 1.71 bits per heavy atom. The zero-order chi connectivity index (χ0) is 15.2. The van der Waals surface area contributed by atoms with Gasteiger partial charge >= 0.3 is 0 Å². The van der Waals surface area contributed by atoms with Gasteiger partial charge in [0.15, 0.2) is 0 Å². The molecule has 2 aromatic carbocycles. The van der Waals surface area contributed by atoms with Gasteiger partial charge in [0.2, 0.25) is 0 Å². The van der Waals surface area contributed by atoms with Gasteiger partial charge in [0, 0.05) is 12.1 Å². The lowest BCUT2D eigenvalue weighted by atomic mass is 10.1. The van der Waals surface area contributed by atoms with Gasteiger partial charge in [0.05, 0.1) is 0 Å². The maximum absolute atomic E-state index is 6.12. The van der Waals surface area contributed by atoms with Gasteiger partial charge < -0.3 is 10.1 Å². The Bertz CT molecular complexity index is 584. The molecule has 2 aromatic rings. The lowest BCUT2D eigenvalue weighted by Gasteiger charge is -2.15. The first kappa shape index (κ1) is 15.6. The Balaban J connectivity index is 2.15. The van der Waals surface area contributed by atoms with E-state index in [1.54, 1.807) is 0 Å². The van der Waals surface area contributed by atoms with Crippen LogP contribution < -0.4 is 10.1 Å². The standard InChI is InChI=1S/C19H25NO/c1-5-20-12-18-8-6-7-16(4)19(18)21-13-17-10-14(2)9-15(3)11-17/h6-11,20H,5,12-13H2,1-4H3. The van der Waals surface area contributed by atoms with Gasteiger partial charge in [0.1, 0.15) is 12.4 Å². The topological polar surface area (TPSA) is 21.3 Å². The molecule has 0 aliphatic rings. The minimum absolute atomic E-state index is 0.618. The van der Waals surface area contributed by atoms with E-state index in [4.69, 9.17) is 4.74 Å². The second-order valence-corrected chi connectivity index (χ2v) is 5.63. The summed E-state index contributed by atoms with van der Waals surface area (Å²) in [5.74, 6) is 1.01. The van der Waals surface area contributed by atoms with Crippen LogP contribution in [-0.2, 0) is 13.2 Å². The number of rotatable bonds is 6. The molecule has 1 N–H and O–H groups in total. The molecule has 0 fully saturated rings. The molecule has 0 atom stereocenters. The van der Waals surface area contributed by atoms with Crippen LogP contribution in [0.15, 0.2) is 36.4 Å². The van der Waals surface area contributed by atoms with Crippen LogP contribution in [0.25, 0.3) is 0 Å². The van der Waals surface area contributed by atoms with Crippen molar-refractivity contribution in [2.75, 3.05) is 6.54 Å². The minimum Gasteiger partial charge on any atom is -0.488 e. The molecule has 0 saturated carbocycles. The third-order valence-corrected chi connectivity index (χ3v) is 3.52. The Labute approximate surface area is 128 Å². The highest BCUT2D eigenvalue weighted by atomic mass is 16.5. The number of nitrogens with one attached hydrogen (secondary N) is 1. The van der Waals surface area contributed by atoms with Gasteiger partial charge in [0.25, 0.3) is 0 Å². The number of ether oxygens (including phenoxy) is 1. The largest absolute Gasteiger partial charge is 0.488 e. The van der Waals surface area contributed by atoms with E-state index in [1.807, 2.05) is 0 Å². The lowest BCUT2D eigenvalue weighted by Crippen LogP contribution is -2.13. The van der Waals surface area contributed by atoms with Crippen LogP contribution in [0.2, 0.25) is 0 Å². The molecule has 0 amide bonds. The van der Waals surface area contributed by atoms with Crippen LogP contribution >= 0.6 is 0 Å². The number of para-hydroxylation sites is 1. The molecule has 0 unspecified atom stereocenters. The van der Waals surface area contributed by atoms with Crippen molar-refractivity contribution in [1.82, 2.24) is 5.32 Å². The van der Waals surface area contributed by atoms with Crippen LogP contribution in [-0.4, -0.2) is 6.54 Å². The molecule has 0 saturated heterocycles. The van der Waals surface area contributed by atoms with Gasteiger partial charge in [-0.25, -0.2) is 0 Å². The lowest BCUT2D eigenvalue weighted by molar-refractivity contribution is 0.300. The first-order valence-electron chi connectivity index (χ1n) is 7.59. The second-order valence-electron chi connectivity index (χ2n) is 5.63. The molecule has 0 aliphatic heterocycles. The predicted octanol–water partition coefficient (Wildman–Crippen LogP) is 4.30. The number of hydrogen-bond donors (Lipinski definition) is 1. The molecule has 2 nitrogen and oxygen atoms in total. The second kappa shape index (κ2) is 7.28. The summed E-state index contributed by atoms with van der Waals surface area (Å²) in [7, 11) is 0. The Morgan fingerprint density at radius 3 is 2.38 bits per heavy atom. The molecule has 2 rings (SSSR count). The van der Waals surface area contributed by atoms with Crippen molar-refractivity contribution >= 4 is 0 Å². The fourth-order valence-electron chi connectivity index (χ4n) is 2.63. The van der Waals surface area contributed by atoms with Crippen molar-refractivity contribution < 1.29 is 4.74 Å². The van der Waals surface area contributed by atoms with Gasteiger partial charge in [-0.1, -0.05) is 54.4 Å². The maximum atomic E-state index is 6.12. The van der Waals surface area contributed by atoms with Gasteiger partial charge in [-0.05, 0) is 38.4 Å². The van der Waals surface area contributed by atoms with Crippen LogP contribution in [0.3, 0.4) is 0 Å². The molecule has 0 bridgehead atoms. The van der Waals surface area contributed by atoms with Crippen LogP contribution in [0.5, 0.6) is 5.75 Å². The summed E-state index contributed by atoms with van der Waals surface area (Å²) in [6.45, 7) is 10.9. The molecule has 0 radical (unpaired) electrons. The Hall–Kier alpha value is -1.80. The van der Waals surface area contributed by atoms with Crippen LogP contribution in [0, 0.1) is 20.8 Å². The Morgan fingerprint density at radius 1 is 1.00 bits per heavy atom. The molecule has 21 heavy (non-hydrogen) atoms. The maximum Gasteiger partial charge on any atom is 0.127 e. The fourth-order valence-corrected chi connectivity index (χ4v) is 2.63. The number of aryl methyl sites for hydroxylation is 3. The van der Waals surface area contributed by atoms with Gasteiger partial charge in [-0.2, -0.15) is 0 Å². The Kier molecular flexibility index (Phi) is 5.40. The van der Waals surface area contributed by atoms with E-state index in [0.717, 1.165) is 18.8 Å². The first-order chi connectivity index (χ1) is 10.1. The average Bonchev–Trinajstić information content (AvgIpc) is 2.43. The van der Waals surface area contributed by atoms with Gasteiger partial charge in [-0.15, -0.1) is 0 Å². The SMILES string of the molecule is CCNCc1cccc(C)c1OCc1cc(C)cc(C)c1. The third kappa shape index (κ3) is 4.33. The molecule has 0 spiro atoms. The van der Waals surface area contributed by atoms with E-state index in [2.05, 4.69) is 69.4 Å². The van der Waals surface area contributed by atoms with Crippen LogP contribution in [0.4, 0.5) is 0 Å². The first-order valence-corrected chi connectivity index (χ1v) is 7.59. The summed E-state index contributed by atoms with van der Waals surface area (Å²) in [6.07, 6.45) is 0. The summed E-state index contributed by atoms with van der Waals surface area (Å²) in [6, 6.07) is 12.9. The molecule has 0 heterocycles. The molecule has 0 aromatic heterocycles. The van der Waals surface area contributed by atoms with Crippen molar-refractivity contribution in [2.24, 2.45) is 0 Å². The van der Waals surface area contributed by atoms with Crippen molar-refractivity contribution in [2.45, 2.75) is 40.8 Å². The van der Waals surface area contributed by atoms with E-state index < -0.39 is 0 Å². The quantitative estimate of drug-likeness (QED) is 0.853. The molecule has 2 heteroatoms. The fraction of sp³-hybridized carbons (Fsp3) is 0.368. The highest BCUT2D eigenvalue weighted by Crippen LogP contribution is 2.24. The van der Waals surface area contributed by atoms with E-state index >= 15 is 0 Å². The van der Waals surface area contributed by atoms with Crippen LogP contribution in [0.1, 0.15) is 34.7 Å². The van der Waals surface area contributed by atoms with Crippen molar-refractivity contribution in [3.05, 3.63) is 64.2 Å². The molecular weight excluding hydrogens is 258 g/mol. The smallest absolute Gasteiger partial charge is 0.127 e. The zero-order valence-electron chi connectivity index (χ0n) is 13.5. The van der Waals surface area contributed by atoms with E-state index in [1.165, 1.54) is 27.8 Å². The number of hydrogen-bond acceptors (Lipinski definition) is 2. The predicted molar refractivity (Wildman–Crippen MR) is 88.8 cm³/mol. The monoisotopic (exact) mass is 283 g/mol. The highest BCUT2D eigenvalue weighted by molar-refractivity contribution is 5.41. The summed E-state index contributed by atoms with van der Waals surface area (Å²) < 4.78 is 6.12. The summed E-state index contributed by atoms with van der Waals surface area (Å²) in [4.78, 5) is 0. The molecule has 112 valence electrons. The van der Waals surface area contributed by atoms with Gasteiger partial charge in [-0.3, -0.25) is 0 Å². The number of benzene rings is 2.